The van der Waals surface area contributed by atoms with E-state index in [2.05, 4.69) is 15.3 Å². The Morgan fingerprint density at radius 2 is 2.12 bits per heavy atom. The number of H-pyrrole nitrogens is 1. The van der Waals surface area contributed by atoms with Gasteiger partial charge in [0.05, 0.1) is 22.9 Å². The fourth-order valence-electron chi connectivity index (χ4n) is 2.10. The molecule has 0 radical (unpaired) electrons. The molecule has 26 heavy (non-hydrogen) atoms. The van der Waals surface area contributed by atoms with Gasteiger partial charge in [-0.3, -0.25) is 19.9 Å². The molecule has 0 aliphatic rings. The fourth-order valence-corrected chi connectivity index (χ4v) is 3.01. The lowest BCUT2D eigenvalue weighted by Gasteiger charge is -2.04. The van der Waals surface area contributed by atoms with Crippen molar-refractivity contribution >= 4 is 38.6 Å². The third kappa shape index (κ3) is 3.98. The summed E-state index contributed by atoms with van der Waals surface area (Å²) in [6.07, 6.45) is 0. The Balaban J connectivity index is 1.62. The summed E-state index contributed by atoms with van der Waals surface area (Å²) in [5, 5.41) is 12.1. The molecule has 0 spiro atoms. The van der Waals surface area contributed by atoms with Crippen LogP contribution in [0.5, 0.6) is 11.6 Å². The average Bonchev–Trinajstić information content (AvgIpc) is 2.99. The zero-order valence-corrected chi connectivity index (χ0v) is 14.3. The van der Waals surface area contributed by atoms with Gasteiger partial charge in [-0.15, -0.1) is 0 Å². The Hall–Kier alpha value is -3.40. The number of hydrogen-bond acceptors (Lipinski definition) is 8. The first kappa shape index (κ1) is 17.4. The minimum atomic E-state index is -0.907. The lowest BCUT2D eigenvalue weighted by Crippen LogP contribution is -2.21. The fraction of sp³-hybridized carbons (Fsp3) is 0.125. The maximum atomic E-state index is 11.9. The number of amides is 1. The number of aromatic amines is 1. The van der Waals surface area contributed by atoms with Crippen molar-refractivity contribution in [2.75, 3.05) is 19.0 Å². The van der Waals surface area contributed by atoms with Crippen molar-refractivity contribution in [2.24, 2.45) is 0 Å². The molecule has 0 unspecified atom stereocenters. The van der Waals surface area contributed by atoms with E-state index in [0.717, 1.165) is 16.8 Å². The number of anilines is 1. The van der Waals surface area contributed by atoms with Gasteiger partial charge in [-0.2, -0.15) is 0 Å². The van der Waals surface area contributed by atoms with Crippen LogP contribution in [0.1, 0.15) is 10.4 Å². The SMILES string of the molecule is COc1ccc2nc(NC(=O)COC(=O)c3cc(O)[nH]c(=O)c3)sc2c1. The largest absolute Gasteiger partial charge is 0.497 e. The first-order chi connectivity index (χ1) is 12.4. The van der Waals surface area contributed by atoms with E-state index < -0.39 is 29.9 Å². The van der Waals surface area contributed by atoms with Crippen LogP contribution < -0.4 is 15.6 Å². The number of aromatic nitrogens is 2. The quantitative estimate of drug-likeness (QED) is 0.576. The lowest BCUT2D eigenvalue weighted by atomic mass is 10.3. The van der Waals surface area contributed by atoms with Gasteiger partial charge in [-0.25, -0.2) is 9.78 Å². The van der Waals surface area contributed by atoms with Crippen molar-refractivity contribution in [2.45, 2.75) is 0 Å². The molecule has 2 heterocycles. The van der Waals surface area contributed by atoms with Crippen LogP contribution >= 0.6 is 11.3 Å². The summed E-state index contributed by atoms with van der Waals surface area (Å²) in [6.45, 7) is -0.564. The molecule has 1 aromatic carbocycles. The third-order valence-electron chi connectivity index (χ3n) is 3.24. The molecule has 0 aliphatic heterocycles. The van der Waals surface area contributed by atoms with Crippen LogP contribution in [-0.2, 0) is 9.53 Å². The summed E-state index contributed by atoms with van der Waals surface area (Å²) in [7, 11) is 1.56. The molecular formula is C16H13N3O6S. The number of hydrogen-bond donors (Lipinski definition) is 3. The lowest BCUT2D eigenvalue weighted by molar-refractivity contribution is -0.119. The Labute approximate surface area is 150 Å². The number of nitrogens with one attached hydrogen (secondary N) is 2. The van der Waals surface area contributed by atoms with Crippen LogP contribution in [0.3, 0.4) is 0 Å². The Morgan fingerprint density at radius 1 is 1.31 bits per heavy atom. The van der Waals surface area contributed by atoms with Crippen LogP contribution in [0.15, 0.2) is 35.1 Å². The van der Waals surface area contributed by atoms with E-state index in [1.165, 1.54) is 11.3 Å². The average molecular weight is 375 g/mol. The first-order valence-corrected chi connectivity index (χ1v) is 8.11. The van der Waals surface area contributed by atoms with E-state index >= 15 is 0 Å². The number of ether oxygens (including phenoxy) is 2. The molecule has 0 atom stereocenters. The Bertz CT molecular complexity index is 1040. The number of pyridine rings is 1. The molecular weight excluding hydrogens is 362 g/mol. The topological polar surface area (TPSA) is 131 Å². The minimum Gasteiger partial charge on any atom is -0.497 e. The summed E-state index contributed by atoms with van der Waals surface area (Å²) >= 11 is 1.25. The molecule has 0 saturated heterocycles. The van der Waals surface area contributed by atoms with Gasteiger partial charge >= 0.3 is 5.97 Å². The second-order valence-corrected chi connectivity index (χ2v) is 6.13. The maximum absolute atomic E-state index is 11.9. The van der Waals surface area contributed by atoms with Gasteiger partial charge in [0.1, 0.15) is 5.75 Å². The van der Waals surface area contributed by atoms with Gasteiger partial charge in [0.25, 0.3) is 11.5 Å². The molecule has 0 saturated carbocycles. The number of benzene rings is 1. The van der Waals surface area contributed by atoms with E-state index in [1.807, 2.05) is 0 Å². The van der Waals surface area contributed by atoms with Crippen molar-refractivity contribution < 1.29 is 24.2 Å². The highest BCUT2D eigenvalue weighted by Crippen LogP contribution is 2.29. The highest BCUT2D eigenvalue weighted by atomic mass is 32.1. The number of aromatic hydroxyl groups is 1. The van der Waals surface area contributed by atoms with E-state index in [0.29, 0.717) is 16.4 Å². The molecule has 0 fully saturated rings. The smallest absolute Gasteiger partial charge is 0.339 e. The molecule has 3 aromatic rings. The highest BCUT2D eigenvalue weighted by Gasteiger charge is 2.14. The van der Waals surface area contributed by atoms with Gasteiger partial charge in [-0.1, -0.05) is 11.3 Å². The predicted molar refractivity (Wildman–Crippen MR) is 93.8 cm³/mol. The number of rotatable bonds is 5. The number of thiazole rings is 1. The number of carbonyl (C=O) groups is 2. The second-order valence-electron chi connectivity index (χ2n) is 5.10. The number of carbonyl (C=O) groups excluding carboxylic acids is 2. The molecule has 134 valence electrons. The predicted octanol–water partition coefficient (Wildman–Crippen LogP) is 1.49. The number of esters is 1. The third-order valence-corrected chi connectivity index (χ3v) is 4.18. The zero-order valence-electron chi connectivity index (χ0n) is 13.4. The number of methoxy groups -OCH3 is 1. The highest BCUT2D eigenvalue weighted by molar-refractivity contribution is 7.22. The molecule has 9 nitrogen and oxygen atoms in total. The Morgan fingerprint density at radius 3 is 2.85 bits per heavy atom. The van der Waals surface area contributed by atoms with Crippen molar-refractivity contribution in [3.05, 3.63) is 46.2 Å². The van der Waals surface area contributed by atoms with Gasteiger partial charge in [0.15, 0.2) is 17.6 Å². The van der Waals surface area contributed by atoms with Crippen molar-refractivity contribution in [3.8, 4) is 11.6 Å². The standard InChI is InChI=1S/C16H13N3O6S/c1-24-9-2-3-10-11(6-9)26-16(17-10)19-14(22)7-25-15(23)8-4-12(20)18-13(21)5-8/h2-6H,7H2,1H3,(H,17,19,22)(H2,18,20,21). The first-order valence-electron chi connectivity index (χ1n) is 7.29. The van der Waals surface area contributed by atoms with Crippen LogP contribution in [-0.4, -0.2) is 40.7 Å². The van der Waals surface area contributed by atoms with Gasteiger partial charge in [-0.05, 0) is 18.2 Å². The van der Waals surface area contributed by atoms with Gasteiger partial charge < -0.3 is 14.6 Å². The minimum absolute atomic E-state index is 0.161. The number of nitrogens with zero attached hydrogens (tertiary/aromatic N) is 1. The van der Waals surface area contributed by atoms with E-state index in [9.17, 15) is 19.5 Å². The van der Waals surface area contributed by atoms with Crippen LogP contribution in [0, 0.1) is 0 Å². The Kier molecular flexibility index (Phi) is 4.85. The van der Waals surface area contributed by atoms with Crippen LogP contribution in [0.2, 0.25) is 0 Å². The summed E-state index contributed by atoms with van der Waals surface area (Å²) in [4.78, 5) is 41.3. The van der Waals surface area contributed by atoms with E-state index in [-0.39, 0.29) is 5.56 Å². The summed E-state index contributed by atoms with van der Waals surface area (Å²) < 4.78 is 10.8. The van der Waals surface area contributed by atoms with Gasteiger partial charge in [0.2, 0.25) is 0 Å². The van der Waals surface area contributed by atoms with Crippen molar-refractivity contribution in [1.29, 1.82) is 0 Å². The second kappa shape index (κ2) is 7.23. The molecule has 1 amide bonds. The van der Waals surface area contributed by atoms with Crippen LogP contribution in [0.4, 0.5) is 5.13 Å². The molecule has 2 aromatic heterocycles. The van der Waals surface area contributed by atoms with E-state index in [1.54, 1.807) is 25.3 Å². The summed E-state index contributed by atoms with van der Waals surface area (Å²) in [6, 6.07) is 7.30. The van der Waals surface area contributed by atoms with Crippen molar-refractivity contribution in [1.82, 2.24) is 9.97 Å². The molecule has 3 rings (SSSR count). The molecule has 0 bridgehead atoms. The zero-order chi connectivity index (χ0) is 18.7. The van der Waals surface area contributed by atoms with Crippen LogP contribution in [0.25, 0.3) is 10.2 Å². The molecule has 10 heteroatoms. The molecule has 3 N–H and O–H groups in total. The summed E-state index contributed by atoms with van der Waals surface area (Å²) in [5.41, 5.74) is -0.125. The van der Waals surface area contributed by atoms with Crippen molar-refractivity contribution in [3.63, 3.8) is 0 Å². The summed E-state index contributed by atoms with van der Waals surface area (Å²) in [5.74, 6) is -1.29. The van der Waals surface area contributed by atoms with Gasteiger partial charge in [0, 0.05) is 12.1 Å². The number of fused-ring (bicyclic) bond motifs is 1. The monoisotopic (exact) mass is 375 g/mol. The maximum Gasteiger partial charge on any atom is 0.339 e. The molecule has 0 aliphatic carbocycles. The normalized spacial score (nSPS) is 10.5. The van der Waals surface area contributed by atoms with E-state index in [4.69, 9.17) is 9.47 Å².